The van der Waals surface area contributed by atoms with Crippen LogP contribution in [0.2, 0.25) is 0 Å². The molecule has 2 aromatic carbocycles. The van der Waals surface area contributed by atoms with E-state index >= 15 is 0 Å². The molecule has 0 spiro atoms. The zero-order valence-electron chi connectivity index (χ0n) is 19.7. The fourth-order valence-corrected chi connectivity index (χ4v) is 5.29. The van der Waals surface area contributed by atoms with E-state index in [1.165, 1.54) is 11.0 Å². The van der Waals surface area contributed by atoms with E-state index in [9.17, 15) is 24.2 Å². The summed E-state index contributed by atoms with van der Waals surface area (Å²) >= 11 is 0. The number of hydrogen-bond acceptors (Lipinski definition) is 6. The van der Waals surface area contributed by atoms with Gasteiger partial charge in [-0.15, -0.1) is 0 Å². The summed E-state index contributed by atoms with van der Waals surface area (Å²) in [5, 5.41) is 23.4. The van der Waals surface area contributed by atoms with Crippen molar-refractivity contribution >= 4 is 11.8 Å². The van der Waals surface area contributed by atoms with Gasteiger partial charge in [-0.05, 0) is 31.1 Å². The minimum atomic E-state index is -1.19. The van der Waals surface area contributed by atoms with E-state index in [1.807, 2.05) is 12.1 Å². The highest BCUT2D eigenvalue weighted by molar-refractivity contribution is 5.96. The summed E-state index contributed by atoms with van der Waals surface area (Å²) in [5.74, 6) is -1.27. The quantitative estimate of drug-likeness (QED) is 0.538. The third-order valence-electron chi connectivity index (χ3n) is 7.02. The van der Waals surface area contributed by atoms with Gasteiger partial charge in [-0.1, -0.05) is 36.4 Å². The van der Waals surface area contributed by atoms with Gasteiger partial charge in [0.15, 0.2) is 0 Å². The van der Waals surface area contributed by atoms with Gasteiger partial charge in [-0.25, -0.2) is 4.39 Å². The Balaban J connectivity index is 1.56. The highest BCUT2D eigenvalue weighted by Crippen LogP contribution is 2.47. The Bertz CT molecular complexity index is 1160. The molecule has 8 nitrogen and oxygen atoms in total. The molecule has 2 aliphatic heterocycles. The normalized spacial score (nSPS) is 26.4. The van der Waals surface area contributed by atoms with E-state index in [2.05, 4.69) is 5.32 Å². The maximum Gasteiger partial charge on any atom is 0.252 e. The van der Waals surface area contributed by atoms with Crippen molar-refractivity contribution in [3.8, 4) is 5.75 Å². The number of para-hydroxylation sites is 1. The largest absolute Gasteiger partial charge is 0.486 e. The van der Waals surface area contributed by atoms with Crippen LogP contribution in [0.5, 0.6) is 5.75 Å². The molecule has 3 aliphatic rings. The van der Waals surface area contributed by atoms with Crippen molar-refractivity contribution in [1.82, 2.24) is 10.2 Å². The number of hydrogen-bond donors (Lipinski definition) is 3. The molecule has 1 fully saturated rings. The predicted octanol–water partition coefficient (Wildman–Crippen LogP) is 1.66. The molecule has 2 aromatic rings. The van der Waals surface area contributed by atoms with Crippen molar-refractivity contribution in [3.63, 3.8) is 0 Å². The Kier molecular flexibility index (Phi) is 7.04. The molecule has 190 valence electrons. The summed E-state index contributed by atoms with van der Waals surface area (Å²) in [6, 6.07) is 12.4. The maximum absolute atomic E-state index is 14.6. The van der Waals surface area contributed by atoms with Gasteiger partial charge in [0, 0.05) is 36.4 Å². The molecule has 0 aromatic heterocycles. The molecule has 5 rings (SSSR count). The molecular weight excluding hydrogens is 467 g/mol. The van der Waals surface area contributed by atoms with E-state index < -0.39 is 42.0 Å². The number of rotatable bonds is 7. The second-order valence-corrected chi connectivity index (χ2v) is 9.24. The number of carbonyl (C=O) groups excluding carboxylic acids is 2. The molecule has 3 N–H and O–H groups in total. The van der Waals surface area contributed by atoms with Crippen LogP contribution in [0.15, 0.2) is 60.2 Å². The van der Waals surface area contributed by atoms with E-state index in [1.54, 1.807) is 36.4 Å². The Labute approximate surface area is 208 Å². The average Bonchev–Trinajstić information content (AvgIpc) is 3.56. The third-order valence-corrected chi connectivity index (χ3v) is 7.02. The Hall–Kier alpha value is -3.27. The molecule has 2 heterocycles. The Morgan fingerprint density at radius 2 is 1.92 bits per heavy atom. The first kappa shape index (κ1) is 24.4. The number of halogens is 1. The SMILES string of the molecule is O=C(NCCO)C1=CC(N(Cc2ccccc2F)C(=O)C2CCCO2)C(O)C2Oc3ccccc3C12. The minimum absolute atomic E-state index is 0.0526. The molecule has 5 atom stereocenters. The molecule has 36 heavy (non-hydrogen) atoms. The number of fused-ring (bicyclic) bond motifs is 3. The highest BCUT2D eigenvalue weighted by atomic mass is 19.1. The Morgan fingerprint density at radius 1 is 1.14 bits per heavy atom. The van der Waals surface area contributed by atoms with Crippen molar-refractivity contribution in [2.24, 2.45) is 0 Å². The fraction of sp³-hybridized carbons (Fsp3) is 0.407. The molecule has 2 amide bonds. The summed E-state index contributed by atoms with van der Waals surface area (Å²) in [5.41, 5.74) is 1.37. The molecule has 9 heteroatoms. The smallest absolute Gasteiger partial charge is 0.252 e. The van der Waals surface area contributed by atoms with E-state index in [-0.39, 0.29) is 31.2 Å². The van der Waals surface area contributed by atoms with Crippen molar-refractivity contribution < 1.29 is 33.7 Å². The van der Waals surface area contributed by atoms with Crippen LogP contribution in [-0.2, 0) is 20.9 Å². The second kappa shape index (κ2) is 10.4. The topological polar surface area (TPSA) is 108 Å². The summed E-state index contributed by atoms with van der Waals surface area (Å²) in [6.45, 7) is 0.157. The van der Waals surface area contributed by atoms with Gasteiger partial charge in [0.05, 0.1) is 18.6 Å². The molecule has 5 unspecified atom stereocenters. The zero-order chi connectivity index (χ0) is 25.2. The van der Waals surface area contributed by atoms with Crippen LogP contribution >= 0.6 is 0 Å². The number of benzene rings is 2. The second-order valence-electron chi connectivity index (χ2n) is 9.24. The van der Waals surface area contributed by atoms with Crippen molar-refractivity contribution in [1.29, 1.82) is 0 Å². The zero-order valence-corrected chi connectivity index (χ0v) is 19.7. The van der Waals surface area contributed by atoms with Crippen LogP contribution < -0.4 is 10.1 Å². The van der Waals surface area contributed by atoms with Crippen LogP contribution in [0.4, 0.5) is 4.39 Å². The lowest BCUT2D eigenvalue weighted by Crippen LogP contribution is -2.57. The lowest BCUT2D eigenvalue weighted by atomic mass is 9.77. The van der Waals surface area contributed by atoms with E-state index in [4.69, 9.17) is 9.47 Å². The molecule has 0 radical (unpaired) electrons. The summed E-state index contributed by atoms with van der Waals surface area (Å²) in [6.07, 6.45) is 0.115. The number of carbonyl (C=O) groups is 2. The standard InChI is InChI=1S/C27H29FN2O6/c28-19-8-3-1-6-16(19)15-30(27(34)22-10-5-13-35-22)20-14-18(26(33)29-11-12-31)23-17-7-2-4-9-21(17)36-25(23)24(20)32/h1-4,6-9,14,20,22-25,31-32H,5,10-13,15H2,(H,29,33). The van der Waals surface area contributed by atoms with Gasteiger partial charge in [-0.2, -0.15) is 0 Å². The average molecular weight is 497 g/mol. The predicted molar refractivity (Wildman–Crippen MR) is 127 cm³/mol. The molecule has 1 saturated heterocycles. The first-order valence-corrected chi connectivity index (χ1v) is 12.2. The number of nitrogens with one attached hydrogen (secondary N) is 1. The maximum atomic E-state index is 14.6. The van der Waals surface area contributed by atoms with Crippen molar-refractivity contribution in [3.05, 3.63) is 77.1 Å². The minimum Gasteiger partial charge on any atom is -0.486 e. The molecule has 1 aliphatic carbocycles. The highest BCUT2D eigenvalue weighted by Gasteiger charge is 2.51. The number of aliphatic hydroxyl groups excluding tert-OH is 2. The fourth-order valence-electron chi connectivity index (χ4n) is 5.29. The van der Waals surface area contributed by atoms with Crippen LogP contribution in [0, 0.1) is 5.82 Å². The van der Waals surface area contributed by atoms with Gasteiger partial charge in [0.25, 0.3) is 5.91 Å². The van der Waals surface area contributed by atoms with E-state index in [0.29, 0.717) is 24.4 Å². The van der Waals surface area contributed by atoms with Gasteiger partial charge in [-0.3, -0.25) is 9.59 Å². The number of amides is 2. The summed E-state index contributed by atoms with van der Waals surface area (Å²) < 4.78 is 26.4. The van der Waals surface area contributed by atoms with Gasteiger partial charge < -0.3 is 29.9 Å². The van der Waals surface area contributed by atoms with Crippen LogP contribution in [-0.4, -0.2) is 71.0 Å². The molecular formula is C27H29FN2O6. The molecule has 0 saturated carbocycles. The first-order chi connectivity index (χ1) is 17.5. The van der Waals surface area contributed by atoms with Crippen LogP contribution in [0.3, 0.4) is 0 Å². The van der Waals surface area contributed by atoms with Gasteiger partial charge in [0.1, 0.15) is 29.9 Å². The van der Waals surface area contributed by atoms with Crippen LogP contribution in [0.25, 0.3) is 0 Å². The number of nitrogens with zero attached hydrogens (tertiary/aromatic N) is 1. The third kappa shape index (κ3) is 4.50. The van der Waals surface area contributed by atoms with Crippen LogP contribution in [0.1, 0.15) is 29.9 Å². The van der Waals surface area contributed by atoms with Gasteiger partial charge in [0.2, 0.25) is 5.91 Å². The molecule has 0 bridgehead atoms. The van der Waals surface area contributed by atoms with Gasteiger partial charge >= 0.3 is 0 Å². The number of aliphatic hydroxyl groups is 2. The van der Waals surface area contributed by atoms with Crippen molar-refractivity contribution in [2.75, 3.05) is 19.8 Å². The number of ether oxygens (including phenoxy) is 2. The lowest BCUT2D eigenvalue weighted by molar-refractivity contribution is -0.147. The van der Waals surface area contributed by atoms with E-state index in [0.717, 1.165) is 12.0 Å². The lowest BCUT2D eigenvalue weighted by Gasteiger charge is -2.41. The Morgan fingerprint density at radius 3 is 2.67 bits per heavy atom. The monoisotopic (exact) mass is 496 g/mol. The first-order valence-electron chi connectivity index (χ1n) is 12.2. The summed E-state index contributed by atoms with van der Waals surface area (Å²) in [4.78, 5) is 28.2. The van der Waals surface area contributed by atoms with Crippen molar-refractivity contribution in [2.45, 2.75) is 49.7 Å². The summed E-state index contributed by atoms with van der Waals surface area (Å²) in [7, 11) is 0.